The molecule has 3 rings (SSSR count). The number of methoxy groups -OCH3 is 1. The summed E-state index contributed by atoms with van der Waals surface area (Å²) in [5.41, 5.74) is 1.86. The Labute approximate surface area is 235 Å². The standard InChI is InChI=1S/C29H34ClN3O5S/c1-4-16-31-29(35)27(18-22-10-6-5-7-11-22)32(20-23-12-8-13-24(30)17-23)28(34)21-33(39(3,36)37)25-14-9-15-26(19-25)38-2/h5-15,17,19,27H,4,16,18,20-21H2,1-3H3,(H,31,35)/t27-/m0/s1. The number of hydrogen-bond acceptors (Lipinski definition) is 5. The van der Waals surface area contributed by atoms with Gasteiger partial charge >= 0.3 is 0 Å². The average Bonchev–Trinajstić information content (AvgIpc) is 2.92. The highest BCUT2D eigenvalue weighted by atomic mass is 35.5. The molecule has 0 aliphatic heterocycles. The van der Waals surface area contributed by atoms with E-state index in [-0.39, 0.29) is 24.6 Å². The predicted octanol–water partition coefficient (Wildman–Crippen LogP) is 4.28. The zero-order valence-corrected chi connectivity index (χ0v) is 23.9. The van der Waals surface area contributed by atoms with Crippen molar-refractivity contribution in [2.24, 2.45) is 0 Å². The molecule has 1 atom stereocenters. The number of rotatable bonds is 13. The van der Waals surface area contributed by atoms with E-state index in [1.165, 1.54) is 12.0 Å². The Kier molecular flexibility index (Phi) is 10.8. The van der Waals surface area contributed by atoms with Crippen LogP contribution in [0.1, 0.15) is 24.5 Å². The Hall–Kier alpha value is -3.56. The van der Waals surface area contributed by atoms with Gasteiger partial charge in [0.05, 0.1) is 19.1 Å². The van der Waals surface area contributed by atoms with Crippen LogP contribution in [0.4, 0.5) is 5.69 Å². The number of benzene rings is 3. The second-order valence-electron chi connectivity index (χ2n) is 9.12. The third-order valence-electron chi connectivity index (χ3n) is 6.08. The number of hydrogen-bond donors (Lipinski definition) is 1. The van der Waals surface area contributed by atoms with E-state index < -0.39 is 28.5 Å². The van der Waals surface area contributed by atoms with Gasteiger partial charge in [-0.2, -0.15) is 0 Å². The normalized spacial score (nSPS) is 11.9. The fraction of sp³-hybridized carbons (Fsp3) is 0.310. The van der Waals surface area contributed by atoms with Crippen LogP contribution >= 0.6 is 11.6 Å². The maximum absolute atomic E-state index is 14.0. The Balaban J connectivity index is 2.04. The number of amides is 2. The number of halogens is 1. The summed E-state index contributed by atoms with van der Waals surface area (Å²) in [6, 6.07) is 22.0. The molecule has 0 aromatic heterocycles. The maximum Gasteiger partial charge on any atom is 0.244 e. The molecule has 0 bridgehead atoms. The van der Waals surface area contributed by atoms with Crippen LogP contribution in [0.5, 0.6) is 5.75 Å². The van der Waals surface area contributed by atoms with E-state index in [1.807, 2.05) is 43.3 Å². The van der Waals surface area contributed by atoms with Crippen LogP contribution in [0.25, 0.3) is 0 Å². The van der Waals surface area contributed by atoms with Crippen molar-refractivity contribution >= 4 is 39.1 Å². The van der Waals surface area contributed by atoms with Crippen molar-refractivity contribution in [1.82, 2.24) is 10.2 Å². The average molecular weight is 572 g/mol. The van der Waals surface area contributed by atoms with E-state index in [9.17, 15) is 18.0 Å². The van der Waals surface area contributed by atoms with Crippen LogP contribution in [0, 0.1) is 0 Å². The SMILES string of the molecule is CCCNC(=O)[C@H](Cc1ccccc1)N(Cc1cccc(Cl)c1)C(=O)CN(c1cccc(OC)c1)S(C)(=O)=O. The minimum atomic E-state index is -3.86. The molecule has 2 amide bonds. The topological polar surface area (TPSA) is 96.0 Å². The van der Waals surface area contributed by atoms with Crippen LogP contribution < -0.4 is 14.4 Å². The first-order valence-electron chi connectivity index (χ1n) is 12.6. The zero-order valence-electron chi connectivity index (χ0n) is 22.3. The first kappa shape index (κ1) is 30.0. The second-order valence-corrected chi connectivity index (χ2v) is 11.5. The van der Waals surface area contributed by atoms with Crippen molar-refractivity contribution in [2.45, 2.75) is 32.4 Å². The molecule has 0 spiro atoms. The van der Waals surface area contributed by atoms with Gasteiger partial charge in [-0.15, -0.1) is 0 Å². The molecule has 3 aromatic carbocycles. The summed E-state index contributed by atoms with van der Waals surface area (Å²) in [5, 5.41) is 3.40. The van der Waals surface area contributed by atoms with Gasteiger partial charge in [0.2, 0.25) is 21.8 Å². The summed E-state index contributed by atoms with van der Waals surface area (Å²) in [5.74, 6) is -0.399. The summed E-state index contributed by atoms with van der Waals surface area (Å²) >= 11 is 6.22. The fourth-order valence-electron chi connectivity index (χ4n) is 4.13. The molecule has 10 heteroatoms. The first-order valence-corrected chi connectivity index (χ1v) is 14.8. The highest BCUT2D eigenvalue weighted by Crippen LogP contribution is 2.24. The number of nitrogens with one attached hydrogen (secondary N) is 1. The summed E-state index contributed by atoms with van der Waals surface area (Å²) in [7, 11) is -2.38. The molecule has 0 saturated heterocycles. The molecule has 0 aliphatic rings. The lowest BCUT2D eigenvalue weighted by molar-refractivity contribution is -0.140. The molecule has 0 unspecified atom stereocenters. The summed E-state index contributed by atoms with van der Waals surface area (Å²) in [4.78, 5) is 28.9. The highest BCUT2D eigenvalue weighted by molar-refractivity contribution is 7.92. The minimum Gasteiger partial charge on any atom is -0.497 e. The summed E-state index contributed by atoms with van der Waals surface area (Å²) in [6.45, 7) is 1.95. The van der Waals surface area contributed by atoms with Crippen molar-refractivity contribution < 1.29 is 22.7 Å². The minimum absolute atomic E-state index is 0.0617. The zero-order chi connectivity index (χ0) is 28.4. The quantitative estimate of drug-likeness (QED) is 0.330. The summed E-state index contributed by atoms with van der Waals surface area (Å²) < 4.78 is 32.0. The van der Waals surface area contributed by atoms with E-state index in [4.69, 9.17) is 16.3 Å². The molecule has 0 fully saturated rings. The molecule has 0 aliphatic carbocycles. The van der Waals surface area contributed by atoms with Crippen molar-refractivity contribution in [3.05, 3.63) is 95.0 Å². The third kappa shape index (κ3) is 8.73. The first-order chi connectivity index (χ1) is 18.6. The number of sulfonamides is 1. The van der Waals surface area contributed by atoms with Crippen LogP contribution in [-0.4, -0.2) is 57.6 Å². The Morgan fingerprint density at radius 1 is 0.974 bits per heavy atom. The smallest absolute Gasteiger partial charge is 0.244 e. The van der Waals surface area contributed by atoms with Gasteiger partial charge in [-0.3, -0.25) is 13.9 Å². The molecule has 0 heterocycles. The number of nitrogens with zero attached hydrogens (tertiary/aromatic N) is 2. The van der Waals surface area contributed by atoms with Gasteiger partial charge in [0.25, 0.3) is 0 Å². The Morgan fingerprint density at radius 2 is 1.67 bits per heavy atom. The fourth-order valence-corrected chi connectivity index (χ4v) is 5.19. The van der Waals surface area contributed by atoms with Crippen LogP contribution in [0.15, 0.2) is 78.9 Å². The highest BCUT2D eigenvalue weighted by Gasteiger charge is 2.33. The molecular formula is C29H34ClN3O5S. The van der Waals surface area contributed by atoms with Gasteiger partial charge in [-0.05, 0) is 41.8 Å². The molecule has 1 N–H and O–H groups in total. The van der Waals surface area contributed by atoms with Gasteiger partial charge in [-0.25, -0.2) is 8.42 Å². The lowest BCUT2D eigenvalue weighted by Gasteiger charge is -2.33. The molecular weight excluding hydrogens is 538 g/mol. The van der Waals surface area contributed by atoms with Gasteiger partial charge in [0, 0.05) is 30.6 Å². The van der Waals surface area contributed by atoms with Crippen molar-refractivity contribution in [1.29, 1.82) is 0 Å². The monoisotopic (exact) mass is 571 g/mol. The van der Waals surface area contributed by atoms with E-state index in [0.717, 1.165) is 22.5 Å². The van der Waals surface area contributed by atoms with Crippen LogP contribution in [0.2, 0.25) is 5.02 Å². The van der Waals surface area contributed by atoms with Crippen molar-refractivity contribution in [3.63, 3.8) is 0 Å². The third-order valence-corrected chi connectivity index (χ3v) is 7.46. The van der Waals surface area contributed by atoms with Gasteiger partial charge in [0.15, 0.2) is 0 Å². The largest absolute Gasteiger partial charge is 0.497 e. The lowest BCUT2D eigenvalue weighted by Crippen LogP contribution is -2.53. The summed E-state index contributed by atoms with van der Waals surface area (Å²) in [6.07, 6.45) is 2.01. The lowest BCUT2D eigenvalue weighted by atomic mass is 10.0. The Bertz CT molecular complexity index is 1370. The van der Waals surface area contributed by atoms with E-state index in [2.05, 4.69) is 5.32 Å². The van der Waals surface area contributed by atoms with Gasteiger partial charge in [0.1, 0.15) is 18.3 Å². The molecule has 39 heavy (non-hydrogen) atoms. The van der Waals surface area contributed by atoms with E-state index in [1.54, 1.807) is 42.5 Å². The molecule has 3 aromatic rings. The van der Waals surface area contributed by atoms with Crippen molar-refractivity contribution in [3.8, 4) is 5.75 Å². The van der Waals surface area contributed by atoms with E-state index >= 15 is 0 Å². The van der Waals surface area contributed by atoms with Crippen LogP contribution in [-0.2, 0) is 32.6 Å². The van der Waals surface area contributed by atoms with E-state index in [0.29, 0.717) is 22.9 Å². The number of anilines is 1. The van der Waals surface area contributed by atoms with Gasteiger partial charge in [-0.1, -0.05) is 67.1 Å². The molecule has 208 valence electrons. The number of carbonyl (C=O) groups is 2. The number of ether oxygens (including phenoxy) is 1. The Morgan fingerprint density at radius 3 is 2.31 bits per heavy atom. The van der Waals surface area contributed by atoms with Crippen molar-refractivity contribution in [2.75, 3.05) is 30.8 Å². The predicted molar refractivity (Wildman–Crippen MR) is 154 cm³/mol. The maximum atomic E-state index is 14.0. The van der Waals surface area contributed by atoms with Crippen LogP contribution in [0.3, 0.4) is 0 Å². The number of carbonyl (C=O) groups excluding carboxylic acids is 2. The van der Waals surface area contributed by atoms with Gasteiger partial charge < -0.3 is 15.0 Å². The second kappa shape index (κ2) is 14.0. The molecule has 8 nitrogen and oxygen atoms in total. The molecule has 0 radical (unpaired) electrons. The molecule has 0 saturated carbocycles.